The molecule has 1 unspecified atom stereocenters. The molecule has 1 aliphatic heterocycles. The minimum atomic E-state index is 0.225. The maximum atomic E-state index is 5.96. The largest absolute Gasteiger partial charge is 0.369 e. The molecule has 0 spiro atoms. The van der Waals surface area contributed by atoms with E-state index >= 15 is 0 Å². The molecule has 0 radical (unpaired) electrons. The quantitative estimate of drug-likeness (QED) is 0.881. The Hall–Kier alpha value is -1.06. The second-order valence-corrected chi connectivity index (χ2v) is 5.64. The highest BCUT2D eigenvalue weighted by molar-refractivity contribution is 5.54. The molecule has 1 atom stereocenters. The van der Waals surface area contributed by atoms with Gasteiger partial charge in [-0.1, -0.05) is 25.1 Å². The number of anilines is 1. The summed E-state index contributed by atoms with van der Waals surface area (Å²) in [6.07, 6.45) is 2.21. The van der Waals surface area contributed by atoms with E-state index in [2.05, 4.69) is 47.9 Å². The van der Waals surface area contributed by atoms with Gasteiger partial charge in [-0.15, -0.1) is 0 Å². The molecule has 1 fully saturated rings. The number of nitrogens with zero attached hydrogens (tertiary/aromatic N) is 2. The zero-order valence-electron chi connectivity index (χ0n) is 12.3. The number of nitrogens with two attached hydrogens (primary N) is 1. The van der Waals surface area contributed by atoms with Gasteiger partial charge in [0.2, 0.25) is 0 Å². The zero-order valence-corrected chi connectivity index (χ0v) is 12.3. The highest BCUT2D eigenvalue weighted by Crippen LogP contribution is 2.23. The molecule has 3 heteroatoms. The molecule has 0 aromatic heterocycles. The second kappa shape index (κ2) is 6.92. The van der Waals surface area contributed by atoms with Gasteiger partial charge in [-0.05, 0) is 37.9 Å². The summed E-state index contributed by atoms with van der Waals surface area (Å²) < 4.78 is 0. The lowest BCUT2D eigenvalue weighted by atomic mass is 10.0. The first-order chi connectivity index (χ1) is 9.20. The molecule has 0 amide bonds. The van der Waals surface area contributed by atoms with Crippen molar-refractivity contribution in [2.75, 3.05) is 37.6 Å². The lowest BCUT2D eigenvalue weighted by Gasteiger charge is -2.37. The Bertz CT molecular complexity index is 381. The van der Waals surface area contributed by atoms with Gasteiger partial charge in [-0.3, -0.25) is 4.90 Å². The van der Waals surface area contributed by atoms with Gasteiger partial charge in [0.05, 0.1) is 0 Å². The van der Waals surface area contributed by atoms with E-state index in [1.807, 2.05) is 0 Å². The van der Waals surface area contributed by atoms with E-state index in [0.717, 1.165) is 19.5 Å². The van der Waals surface area contributed by atoms with Gasteiger partial charge in [-0.2, -0.15) is 0 Å². The molecule has 0 saturated carbocycles. The van der Waals surface area contributed by atoms with Crippen LogP contribution in [-0.4, -0.2) is 43.7 Å². The normalized spacial score (nSPS) is 18.6. The maximum absolute atomic E-state index is 5.96. The number of piperazine rings is 1. The van der Waals surface area contributed by atoms with Gasteiger partial charge in [-0.25, -0.2) is 0 Å². The average molecular weight is 261 g/mol. The summed E-state index contributed by atoms with van der Waals surface area (Å²) in [6, 6.07) is 8.94. The van der Waals surface area contributed by atoms with Crippen LogP contribution in [0.4, 0.5) is 5.69 Å². The summed E-state index contributed by atoms with van der Waals surface area (Å²) in [4.78, 5) is 5.08. The van der Waals surface area contributed by atoms with Crippen molar-refractivity contribution in [3.8, 4) is 0 Å². The number of rotatable bonds is 5. The van der Waals surface area contributed by atoms with Crippen LogP contribution in [0, 0.1) is 0 Å². The van der Waals surface area contributed by atoms with Crippen LogP contribution in [0.25, 0.3) is 0 Å². The van der Waals surface area contributed by atoms with Crippen molar-refractivity contribution < 1.29 is 0 Å². The number of hydrogen-bond donors (Lipinski definition) is 1. The standard InChI is InChI=1S/C16H27N3/c1-3-8-18-9-11-19(12-10-18)16-7-5-4-6-15(16)13-14(2)17/h4-7,14H,3,8-13,17H2,1-2H3. The molecule has 1 aromatic carbocycles. The zero-order chi connectivity index (χ0) is 13.7. The van der Waals surface area contributed by atoms with Crippen LogP contribution in [0.15, 0.2) is 24.3 Å². The Balaban J connectivity index is 2.02. The maximum Gasteiger partial charge on any atom is 0.0400 e. The van der Waals surface area contributed by atoms with Crippen LogP contribution in [-0.2, 0) is 6.42 Å². The van der Waals surface area contributed by atoms with Gasteiger partial charge < -0.3 is 10.6 Å². The first-order valence-electron chi connectivity index (χ1n) is 7.51. The van der Waals surface area contributed by atoms with E-state index in [4.69, 9.17) is 5.73 Å². The van der Waals surface area contributed by atoms with Crippen molar-refractivity contribution in [1.82, 2.24) is 4.90 Å². The summed E-state index contributed by atoms with van der Waals surface area (Å²) in [5.41, 5.74) is 8.73. The molecule has 1 aromatic rings. The van der Waals surface area contributed by atoms with Crippen LogP contribution in [0.2, 0.25) is 0 Å². The van der Waals surface area contributed by atoms with Crippen molar-refractivity contribution in [1.29, 1.82) is 0 Å². The summed E-state index contributed by atoms with van der Waals surface area (Å²) in [5, 5.41) is 0. The highest BCUT2D eigenvalue weighted by atomic mass is 15.3. The topological polar surface area (TPSA) is 32.5 Å². The van der Waals surface area contributed by atoms with Crippen molar-refractivity contribution in [2.45, 2.75) is 32.7 Å². The van der Waals surface area contributed by atoms with E-state index in [1.165, 1.54) is 37.3 Å². The van der Waals surface area contributed by atoms with Gasteiger partial charge in [0, 0.05) is 37.9 Å². The highest BCUT2D eigenvalue weighted by Gasteiger charge is 2.18. The van der Waals surface area contributed by atoms with Gasteiger partial charge in [0.25, 0.3) is 0 Å². The Morgan fingerprint density at radius 1 is 1.16 bits per heavy atom. The fraction of sp³-hybridized carbons (Fsp3) is 0.625. The van der Waals surface area contributed by atoms with Crippen molar-refractivity contribution >= 4 is 5.69 Å². The molecule has 2 N–H and O–H groups in total. The summed E-state index contributed by atoms with van der Waals surface area (Å²) in [5.74, 6) is 0. The molecular weight excluding hydrogens is 234 g/mol. The van der Waals surface area contributed by atoms with Crippen LogP contribution in [0.1, 0.15) is 25.8 Å². The monoisotopic (exact) mass is 261 g/mol. The van der Waals surface area contributed by atoms with E-state index in [9.17, 15) is 0 Å². The predicted molar refractivity (Wildman–Crippen MR) is 82.7 cm³/mol. The first kappa shape index (κ1) is 14.4. The van der Waals surface area contributed by atoms with Crippen molar-refractivity contribution in [2.24, 2.45) is 5.73 Å². The van der Waals surface area contributed by atoms with E-state index < -0.39 is 0 Å². The van der Waals surface area contributed by atoms with Gasteiger partial charge in [0.1, 0.15) is 0 Å². The molecule has 1 saturated heterocycles. The van der Waals surface area contributed by atoms with Crippen LogP contribution >= 0.6 is 0 Å². The summed E-state index contributed by atoms with van der Waals surface area (Å²) >= 11 is 0. The third-order valence-corrected chi connectivity index (χ3v) is 3.79. The Kier molecular flexibility index (Phi) is 5.23. The molecule has 106 valence electrons. The van der Waals surface area contributed by atoms with Crippen molar-refractivity contribution in [3.05, 3.63) is 29.8 Å². The predicted octanol–water partition coefficient (Wildman–Crippen LogP) is 2.11. The molecule has 2 rings (SSSR count). The second-order valence-electron chi connectivity index (χ2n) is 5.64. The average Bonchev–Trinajstić information content (AvgIpc) is 2.40. The van der Waals surface area contributed by atoms with E-state index in [-0.39, 0.29) is 6.04 Å². The number of para-hydroxylation sites is 1. The lowest BCUT2D eigenvalue weighted by Crippen LogP contribution is -2.46. The van der Waals surface area contributed by atoms with E-state index in [1.54, 1.807) is 0 Å². The fourth-order valence-electron chi connectivity index (χ4n) is 2.87. The molecule has 1 aliphatic rings. The number of benzene rings is 1. The molecular formula is C16H27N3. The fourth-order valence-corrected chi connectivity index (χ4v) is 2.87. The molecule has 0 aliphatic carbocycles. The van der Waals surface area contributed by atoms with Crippen LogP contribution < -0.4 is 10.6 Å². The molecule has 1 heterocycles. The third kappa shape index (κ3) is 3.95. The van der Waals surface area contributed by atoms with E-state index in [0.29, 0.717) is 0 Å². The smallest absolute Gasteiger partial charge is 0.0400 e. The number of hydrogen-bond acceptors (Lipinski definition) is 3. The molecule has 3 nitrogen and oxygen atoms in total. The minimum absolute atomic E-state index is 0.225. The van der Waals surface area contributed by atoms with Crippen molar-refractivity contribution in [3.63, 3.8) is 0 Å². The van der Waals surface area contributed by atoms with Gasteiger partial charge >= 0.3 is 0 Å². The summed E-state index contributed by atoms with van der Waals surface area (Å²) in [6.45, 7) is 10.2. The Morgan fingerprint density at radius 3 is 2.47 bits per heavy atom. The lowest BCUT2D eigenvalue weighted by molar-refractivity contribution is 0.258. The molecule has 0 bridgehead atoms. The van der Waals surface area contributed by atoms with Crippen LogP contribution in [0.3, 0.4) is 0 Å². The van der Waals surface area contributed by atoms with Crippen LogP contribution in [0.5, 0.6) is 0 Å². The first-order valence-corrected chi connectivity index (χ1v) is 7.51. The third-order valence-electron chi connectivity index (χ3n) is 3.79. The Morgan fingerprint density at radius 2 is 1.84 bits per heavy atom. The summed E-state index contributed by atoms with van der Waals surface area (Å²) in [7, 11) is 0. The van der Waals surface area contributed by atoms with Gasteiger partial charge in [0.15, 0.2) is 0 Å². The molecule has 19 heavy (non-hydrogen) atoms. The SMILES string of the molecule is CCCN1CCN(c2ccccc2CC(C)N)CC1. The Labute approximate surface area is 117 Å². The minimum Gasteiger partial charge on any atom is -0.369 e.